The van der Waals surface area contributed by atoms with Crippen LogP contribution in [-0.2, 0) is 28.7 Å². The Kier molecular flexibility index (Phi) is 3.78. The Balaban J connectivity index is 1.42. The maximum atomic E-state index is 11.8. The van der Waals surface area contributed by atoms with Crippen molar-refractivity contribution in [3.63, 3.8) is 0 Å². The lowest BCUT2D eigenvalue weighted by Crippen LogP contribution is -2.49. The number of cyclic esters (lactones) is 4. The second-order valence-electron chi connectivity index (χ2n) is 7.71. The molecule has 0 aromatic heterocycles. The largest absolute Gasteiger partial charge is 0.393 e. The van der Waals surface area contributed by atoms with Crippen LogP contribution in [0.15, 0.2) is 0 Å². The van der Waals surface area contributed by atoms with Gasteiger partial charge in [-0.25, -0.2) is 0 Å². The highest BCUT2D eigenvalue weighted by molar-refractivity contribution is 14.1. The van der Waals surface area contributed by atoms with Crippen molar-refractivity contribution >= 4 is 46.5 Å². The molecular formula is C17H19IO6. The normalized spacial score (nSPS) is 43.8. The maximum absolute atomic E-state index is 11.8. The molecule has 8 unspecified atom stereocenters. The van der Waals surface area contributed by atoms with E-state index in [0.29, 0.717) is 12.8 Å². The summed E-state index contributed by atoms with van der Waals surface area (Å²) in [5.41, 5.74) is 0. The quantitative estimate of drug-likeness (QED) is 0.283. The number of esters is 4. The van der Waals surface area contributed by atoms with E-state index in [1.165, 1.54) is 0 Å². The minimum Gasteiger partial charge on any atom is -0.393 e. The van der Waals surface area contributed by atoms with Crippen LogP contribution in [0, 0.1) is 47.3 Å². The molecule has 7 heteroatoms. The minimum atomic E-state index is -0.377. The van der Waals surface area contributed by atoms with E-state index in [1.54, 1.807) is 0 Å². The second-order valence-corrected chi connectivity index (χ2v) is 9.14. The van der Waals surface area contributed by atoms with Crippen molar-refractivity contribution in [1.29, 1.82) is 0 Å². The molecule has 2 saturated heterocycles. The fourth-order valence-corrected chi connectivity index (χ4v) is 6.13. The van der Waals surface area contributed by atoms with Crippen molar-refractivity contribution in [3.05, 3.63) is 0 Å². The predicted molar refractivity (Wildman–Crippen MR) is 88.5 cm³/mol. The summed E-state index contributed by atoms with van der Waals surface area (Å²) >= 11 is 2.40. The van der Waals surface area contributed by atoms with E-state index >= 15 is 0 Å². The molecule has 0 aromatic carbocycles. The third-order valence-electron chi connectivity index (χ3n) is 6.75. The summed E-state index contributed by atoms with van der Waals surface area (Å²) in [6.45, 7) is 4.22. The maximum Gasteiger partial charge on any atom is 0.317 e. The lowest BCUT2D eigenvalue weighted by atomic mass is 9.56. The van der Waals surface area contributed by atoms with Crippen LogP contribution in [0.3, 0.4) is 0 Å². The molecule has 130 valence electrons. The molecule has 2 aliphatic carbocycles. The van der Waals surface area contributed by atoms with E-state index in [1.807, 2.05) is 0 Å². The Hall–Kier alpha value is -0.990. The van der Waals surface area contributed by atoms with Crippen molar-refractivity contribution in [2.45, 2.75) is 30.6 Å². The smallest absolute Gasteiger partial charge is 0.317 e. The molecule has 0 N–H and O–H groups in total. The Morgan fingerprint density at radius 1 is 0.792 bits per heavy atom. The van der Waals surface area contributed by atoms with Crippen LogP contribution in [0.2, 0.25) is 0 Å². The first kappa shape index (κ1) is 16.5. The van der Waals surface area contributed by atoms with Gasteiger partial charge in [0.15, 0.2) is 0 Å². The van der Waals surface area contributed by atoms with Gasteiger partial charge in [-0.3, -0.25) is 19.2 Å². The average molecular weight is 446 g/mol. The summed E-state index contributed by atoms with van der Waals surface area (Å²) in [6.07, 6.45) is 1.42. The number of fused-ring (bicyclic) bond motifs is 2. The molecule has 4 aliphatic rings. The number of carbonyl (C=O) groups excluding carboxylic acids is 4. The molecule has 4 rings (SSSR count). The summed E-state index contributed by atoms with van der Waals surface area (Å²) in [4.78, 5) is 46.8. The van der Waals surface area contributed by atoms with E-state index in [2.05, 4.69) is 36.4 Å². The van der Waals surface area contributed by atoms with Crippen LogP contribution in [0.4, 0.5) is 0 Å². The zero-order valence-corrected chi connectivity index (χ0v) is 15.6. The van der Waals surface area contributed by atoms with Crippen molar-refractivity contribution in [1.82, 2.24) is 0 Å². The minimum absolute atomic E-state index is 0.159. The number of halogens is 1. The van der Waals surface area contributed by atoms with Gasteiger partial charge in [0.25, 0.3) is 0 Å². The third-order valence-corrected chi connectivity index (χ3v) is 9.02. The fraction of sp³-hybridized carbons (Fsp3) is 0.765. The van der Waals surface area contributed by atoms with E-state index in [4.69, 9.17) is 9.47 Å². The summed E-state index contributed by atoms with van der Waals surface area (Å²) in [6, 6.07) is 0. The monoisotopic (exact) mass is 446 g/mol. The molecule has 4 fully saturated rings. The molecular weight excluding hydrogens is 427 g/mol. The molecule has 24 heavy (non-hydrogen) atoms. The first-order valence-corrected chi connectivity index (χ1v) is 9.71. The third kappa shape index (κ3) is 2.12. The molecule has 0 radical (unpaired) electrons. The Labute approximate surface area is 153 Å². The summed E-state index contributed by atoms with van der Waals surface area (Å²) in [7, 11) is 0. The van der Waals surface area contributed by atoms with Crippen molar-refractivity contribution < 1.29 is 28.7 Å². The van der Waals surface area contributed by atoms with E-state index in [9.17, 15) is 19.2 Å². The van der Waals surface area contributed by atoms with Gasteiger partial charge in [-0.05, 0) is 36.5 Å². The summed E-state index contributed by atoms with van der Waals surface area (Å²) in [5.74, 6) is -1.78. The lowest BCUT2D eigenvalue weighted by Gasteiger charge is -2.46. The van der Waals surface area contributed by atoms with Gasteiger partial charge < -0.3 is 9.47 Å². The average Bonchev–Trinajstić information content (AvgIpc) is 2.76. The lowest BCUT2D eigenvalue weighted by molar-refractivity contribution is -0.155. The van der Waals surface area contributed by atoms with E-state index < -0.39 is 0 Å². The van der Waals surface area contributed by atoms with Crippen LogP contribution >= 0.6 is 22.6 Å². The van der Waals surface area contributed by atoms with Crippen LogP contribution < -0.4 is 0 Å². The van der Waals surface area contributed by atoms with Gasteiger partial charge in [0.05, 0.1) is 23.7 Å². The highest BCUT2D eigenvalue weighted by atomic mass is 127. The summed E-state index contributed by atoms with van der Waals surface area (Å²) in [5, 5.41) is 0. The number of ether oxygens (including phenoxy) is 2. The van der Waals surface area contributed by atoms with Crippen LogP contribution in [0.25, 0.3) is 0 Å². The molecule has 2 saturated carbocycles. The van der Waals surface area contributed by atoms with Crippen LogP contribution in [-0.4, -0.2) is 27.8 Å². The molecule has 0 bridgehead atoms. The zero-order chi connectivity index (χ0) is 17.3. The van der Waals surface area contributed by atoms with Crippen molar-refractivity contribution in [2.75, 3.05) is 0 Å². The van der Waals surface area contributed by atoms with Crippen LogP contribution in [0.5, 0.6) is 0 Å². The molecule has 2 heterocycles. The topological polar surface area (TPSA) is 86.7 Å². The van der Waals surface area contributed by atoms with E-state index in [0.717, 1.165) is 0 Å². The number of hydrogen-bond acceptors (Lipinski definition) is 6. The Bertz CT molecular complexity index is 591. The van der Waals surface area contributed by atoms with Gasteiger partial charge in [-0.15, -0.1) is 0 Å². The van der Waals surface area contributed by atoms with Gasteiger partial charge in [-0.2, -0.15) is 0 Å². The Morgan fingerprint density at radius 2 is 1.17 bits per heavy atom. The number of hydrogen-bond donors (Lipinski definition) is 0. The molecule has 8 atom stereocenters. The first-order chi connectivity index (χ1) is 11.3. The van der Waals surface area contributed by atoms with Gasteiger partial charge >= 0.3 is 23.9 Å². The SMILES string of the molecule is CC(C(I)C(C)C1CC2C(=O)OC(=O)C21)C1CC2C(=O)OC(=O)C21. The number of alkyl halides is 1. The van der Waals surface area contributed by atoms with Crippen LogP contribution in [0.1, 0.15) is 26.7 Å². The fourth-order valence-electron chi connectivity index (χ4n) is 5.06. The van der Waals surface area contributed by atoms with Gasteiger partial charge in [0.1, 0.15) is 0 Å². The standard InChI is InChI=1S/C17H19IO6/c1-5(7-3-9-11(7)16(21)23-14(9)19)13(18)6(2)8-4-10-12(8)17(22)24-15(10)20/h5-13H,3-4H2,1-2H3. The van der Waals surface area contributed by atoms with Crippen molar-refractivity contribution in [2.24, 2.45) is 47.3 Å². The first-order valence-electron chi connectivity index (χ1n) is 8.46. The van der Waals surface area contributed by atoms with Gasteiger partial charge in [0.2, 0.25) is 0 Å². The molecule has 2 aliphatic heterocycles. The molecule has 0 aromatic rings. The molecule has 0 amide bonds. The van der Waals surface area contributed by atoms with Gasteiger partial charge in [0, 0.05) is 3.92 Å². The molecule has 0 spiro atoms. The highest BCUT2D eigenvalue weighted by Crippen LogP contribution is 2.55. The second kappa shape index (κ2) is 5.51. The van der Waals surface area contributed by atoms with E-state index in [-0.39, 0.29) is 75.1 Å². The summed E-state index contributed by atoms with van der Waals surface area (Å²) < 4.78 is 9.76. The number of rotatable bonds is 4. The Morgan fingerprint density at radius 3 is 1.50 bits per heavy atom. The van der Waals surface area contributed by atoms with Gasteiger partial charge in [-0.1, -0.05) is 36.4 Å². The van der Waals surface area contributed by atoms with Crippen molar-refractivity contribution in [3.8, 4) is 0 Å². The molecule has 6 nitrogen and oxygen atoms in total. The highest BCUT2D eigenvalue weighted by Gasteiger charge is 2.61. The number of carbonyl (C=O) groups is 4. The predicted octanol–water partition coefficient (Wildman–Crippen LogP) is 1.73. The zero-order valence-electron chi connectivity index (χ0n) is 13.4.